The van der Waals surface area contributed by atoms with Crippen molar-refractivity contribution in [2.45, 2.75) is 24.7 Å². The second-order valence-corrected chi connectivity index (χ2v) is 8.41. The van der Waals surface area contributed by atoms with Gasteiger partial charge in [0.25, 0.3) is 10.0 Å². The number of benzene rings is 1. The zero-order valence-electron chi connectivity index (χ0n) is 12.9. The van der Waals surface area contributed by atoms with Gasteiger partial charge in [-0.15, -0.1) is 4.40 Å². The number of sulfonamides is 1. The quantitative estimate of drug-likeness (QED) is 0.881. The van der Waals surface area contributed by atoms with Crippen molar-refractivity contribution in [1.82, 2.24) is 4.90 Å². The molecule has 124 valence electrons. The molecule has 8 heteroatoms. The van der Waals surface area contributed by atoms with Crippen molar-refractivity contribution in [1.29, 1.82) is 0 Å². The van der Waals surface area contributed by atoms with Crippen LogP contribution in [0.15, 0.2) is 33.6 Å². The van der Waals surface area contributed by atoms with Gasteiger partial charge in [-0.05, 0) is 30.9 Å². The highest BCUT2D eigenvalue weighted by atomic mass is 32.2. The Morgan fingerprint density at radius 2 is 2.22 bits per heavy atom. The average Bonchev–Trinajstić information content (AvgIpc) is 2.52. The van der Waals surface area contributed by atoms with Crippen molar-refractivity contribution in [3.8, 4) is 0 Å². The van der Waals surface area contributed by atoms with Crippen molar-refractivity contribution in [3.05, 3.63) is 24.3 Å². The fourth-order valence-corrected chi connectivity index (χ4v) is 4.93. The zero-order valence-corrected chi connectivity index (χ0v) is 14.5. The number of anilines is 1. The summed E-state index contributed by atoms with van der Waals surface area (Å²) in [5, 5.41) is 3.23. The predicted octanol–water partition coefficient (Wildman–Crippen LogP) is 2.15. The number of fused-ring (bicyclic) bond motifs is 1. The van der Waals surface area contributed by atoms with E-state index in [2.05, 4.69) is 16.6 Å². The largest absolute Gasteiger partial charge is 0.342 e. The lowest BCUT2D eigenvalue weighted by atomic mass is 10.0. The number of carbonyl (C=O) groups excluding carboxylic acids is 1. The van der Waals surface area contributed by atoms with Gasteiger partial charge in [-0.25, -0.2) is 0 Å². The minimum atomic E-state index is -3.69. The maximum absolute atomic E-state index is 12.3. The Hall–Kier alpha value is -1.54. The van der Waals surface area contributed by atoms with Crippen LogP contribution in [0.4, 0.5) is 5.69 Å². The van der Waals surface area contributed by atoms with Gasteiger partial charge >= 0.3 is 0 Å². The van der Waals surface area contributed by atoms with Crippen molar-refractivity contribution in [2.75, 3.05) is 24.2 Å². The van der Waals surface area contributed by atoms with Gasteiger partial charge in [0.2, 0.25) is 5.91 Å². The summed E-state index contributed by atoms with van der Waals surface area (Å²) in [6.07, 6.45) is 2.18. The van der Waals surface area contributed by atoms with E-state index >= 15 is 0 Å². The van der Waals surface area contributed by atoms with E-state index in [1.54, 1.807) is 18.2 Å². The molecule has 3 rings (SSSR count). The van der Waals surface area contributed by atoms with Gasteiger partial charge in [0, 0.05) is 13.1 Å². The monoisotopic (exact) mass is 353 g/mol. The molecule has 1 aromatic carbocycles. The van der Waals surface area contributed by atoms with Gasteiger partial charge in [0.15, 0.2) is 5.17 Å². The van der Waals surface area contributed by atoms with E-state index in [9.17, 15) is 13.2 Å². The van der Waals surface area contributed by atoms with Crippen molar-refractivity contribution >= 4 is 38.5 Å². The number of nitrogens with one attached hydrogen (secondary N) is 1. The molecule has 0 unspecified atom stereocenters. The molecule has 1 amide bonds. The molecule has 2 aliphatic rings. The van der Waals surface area contributed by atoms with Gasteiger partial charge in [0.1, 0.15) is 4.90 Å². The smallest absolute Gasteiger partial charge is 0.286 e. The minimum Gasteiger partial charge on any atom is -0.342 e. The highest BCUT2D eigenvalue weighted by Crippen LogP contribution is 2.29. The van der Waals surface area contributed by atoms with E-state index in [4.69, 9.17) is 0 Å². The molecule has 0 bridgehead atoms. The topological polar surface area (TPSA) is 78.8 Å². The molecule has 2 aliphatic heterocycles. The number of para-hydroxylation sites is 1. The summed E-state index contributed by atoms with van der Waals surface area (Å²) in [7, 11) is -3.69. The van der Waals surface area contributed by atoms with Crippen LogP contribution in [-0.2, 0) is 14.8 Å². The van der Waals surface area contributed by atoms with Gasteiger partial charge in [-0.2, -0.15) is 8.42 Å². The zero-order chi connectivity index (χ0) is 16.4. The van der Waals surface area contributed by atoms with Crippen LogP contribution >= 0.6 is 11.8 Å². The second kappa shape index (κ2) is 6.52. The molecule has 0 aromatic heterocycles. The number of nitrogens with zero attached hydrogens (tertiary/aromatic N) is 2. The van der Waals surface area contributed by atoms with Crippen LogP contribution in [0.5, 0.6) is 0 Å². The third-order valence-corrected chi connectivity index (χ3v) is 6.26. The summed E-state index contributed by atoms with van der Waals surface area (Å²) >= 11 is 1.13. The summed E-state index contributed by atoms with van der Waals surface area (Å²) < 4.78 is 28.0. The summed E-state index contributed by atoms with van der Waals surface area (Å²) in [5.41, 5.74) is 0.504. The fourth-order valence-electron chi connectivity index (χ4n) is 2.79. The lowest BCUT2D eigenvalue weighted by Gasteiger charge is -2.31. The normalized spacial score (nSPS) is 22.7. The third kappa shape index (κ3) is 3.69. The molecule has 1 aromatic rings. The Kier molecular flexibility index (Phi) is 4.63. The fraction of sp³-hybridized carbons (Fsp3) is 0.467. The van der Waals surface area contributed by atoms with E-state index in [0.29, 0.717) is 11.6 Å². The highest BCUT2D eigenvalue weighted by Gasteiger charge is 2.26. The number of hydrogen-bond donors (Lipinski definition) is 1. The second-order valence-electron chi connectivity index (χ2n) is 5.87. The van der Waals surface area contributed by atoms with E-state index in [1.807, 2.05) is 4.90 Å². The highest BCUT2D eigenvalue weighted by molar-refractivity contribution is 8.15. The van der Waals surface area contributed by atoms with Crippen LogP contribution in [0.1, 0.15) is 19.8 Å². The van der Waals surface area contributed by atoms with Gasteiger partial charge in [0.05, 0.1) is 11.4 Å². The molecule has 0 radical (unpaired) electrons. The number of carbonyl (C=O) groups is 1. The SMILES string of the molecule is C[C@@H]1CCCN(C(=O)CSC2=NS(=O)(=O)c3ccccc3N2)C1. The maximum atomic E-state index is 12.3. The van der Waals surface area contributed by atoms with Gasteiger partial charge < -0.3 is 10.2 Å². The Morgan fingerprint density at radius 3 is 3.00 bits per heavy atom. The first-order valence-electron chi connectivity index (χ1n) is 7.57. The Balaban J connectivity index is 1.65. The van der Waals surface area contributed by atoms with Crippen LogP contribution in [0.25, 0.3) is 0 Å². The number of thioether (sulfide) groups is 1. The van der Waals surface area contributed by atoms with Gasteiger partial charge in [-0.3, -0.25) is 4.79 Å². The number of amidine groups is 1. The van der Waals surface area contributed by atoms with E-state index in [-0.39, 0.29) is 21.7 Å². The van der Waals surface area contributed by atoms with Crippen LogP contribution in [-0.4, -0.2) is 43.2 Å². The average molecular weight is 353 g/mol. The van der Waals surface area contributed by atoms with Crippen molar-refractivity contribution in [2.24, 2.45) is 10.3 Å². The molecule has 1 atom stereocenters. The van der Waals surface area contributed by atoms with E-state index in [1.165, 1.54) is 6.07 Å². The number of hydrogen-bond acceptors (Lipinski definition) is 5. The summed E-state index contributed by atoms with van der Waals surface area (Å²) in [6.45, 7) is 3.70. The minimum absolute atomic E-state index is 0.0299. The summed E-state index contributed by atoms with van der Waals surface area (Å²) in [5.74, 6) is 0.744. The van der Waals surface area contributed by atoms with Crippen molar-refractivity contribution < 1.29 is 13.2 Å². The lowest BCUT2D eigenvalue weighted by Crippen LogP contribution is -2.40. The van der Waals surface area contributed by atoms with Crippen LogP contribution in [0.3, 0.4) is 0 Å². The molecule has 1 N–H and O–H groups in total. The molecule has 1 fully saturated rings. The predicted molar refractivity (Wildman–Crippen MR) is 92.1 cm³/mol. The third-order valence-electron chi connectivity index (χ3n) is 3.95. The van der Waals surface area contributed by atoms with Crippen molar-refractivity contribution in [3.63, 3.8) is 0 Å². The maximum Gasteiger partial charge on any atom is 0.286 e. The van der Waals surface area contributed by atoms with Crippen LogP contribution in [0.2, 0.25) is 0 Å². The molecule has 6 nitrogen and oxygen atoms in total. The summed E-state index contributed by atoms with van der Waals surface area (Å²) in [4.78, 5) is 14.3. The molecule has 23 heavy (non-hydrogen) atoms. The summed E-state index contributed by atoms with van der Waals surface area (Å²) in [6, 6.07) is 6.63. The first kappa shape index (κ1) is 16.3. The lowest BCUT2D eigenvalue weighted by molar-refractivity contribution is -0.129. The Labute approximate surface area is 140 Å². The molecule has 2 heterocycles. The number of piperidine rings is 1. The number of amides is 1. The van der Waals surface area contributed by atoms with E-state index in [0.717, 1.165) is 37.7 Å². The van der Waals surface area contributed by atoms with E-state index < -0.39 is 10.0 Å². The molecular weight excluding hydrogens is 334 g/mol. The number of likely N-dealkylation sites (tertiary alicyclic amines) is 1. The van der Waals surface area contributed by atoms with Gasteiger partial charge in [-0.1, -0.05) is 30.8 Å². The molecule has 0 saturated carbocycles. The molecule has 1 saturated heterocycles. The molecular formula is C15H19N3O3S2. The van der Waals surface area contributed by atoms with Crippen LogP contribution < -0.4 is 5.32 Å². The Morgan fingerprint density at radius 1 is 1.43 bits per heavy atom. The Bertz CT molecular complexity index is 746. The molecule has 0 spiro atoms. The first-order chi connectivity index (χ1) is 11.0. The molecule has 0 aliphatic carbocycles. The number of rotatable bonds is 2. The first-order valence-corrected chi connectivity index (χ1v) is 10.00. The van der Waals surface area contributed by atoms with Crippen LogP contribution in [0, 0.1) is 5.92 Å². The standard InChI is InChI=1S/C15H19N3O3S2/c1-11-5-4-8-18(9-11)14(19)10-22-15-16-12-6-2-3-7-13(12)23(20,21)17-15/h2-3,6-7,11H,4-5,8-10H2,1H3,(H,16,17)/t11-/m1/s1.